The van der Waals surface area contributed by atoms with Gasteiger partial charge in [0.05, 0.1) is 11.3 Å². The molecule has 0 amide bonds. The van der Waals surface area contributed by atoms with Gasteiger partial charge in [-0.05, 0) is 37.5 Å². The van der Waals surface area contributed by atoms with E-state index in [4.69, 9.17) is 0 Å². The summed E-state index contributed by atoms with van der Waals surface area (Å²) in [7, 11) is 0. The minimum absolute atomic E-state index is 0.179. The van der Waals surface area contributed by atoms with Crippen molar-refractivity contribution in [3.8, 4) is 6.07 Å². The van der Waals surface area contributed by atoms with Crippen LogP contribution in [0.3, 0.4) is 0 Å². The number of para-hydroxylation sites is 1. The molecule has 1 saturated heterocycles. The topological polar surface area (TPSA) is 64.8 Å². The first-order chi connectivity index (χ1) is 11.7. The van der Waals surface area contributed by atoms with Gasteiger partial charge in [-0.3, -0.25) is 0 Å². The van der Waals surface area contributed by atoms with E-state index in [2.05, 4.69) is 21.4 Å². The maximum absolute atomic E-state index is 14.2. The molecule has 0 spiro atoms. The number of hydrogen-bond acceptors (Lipinski definition) is 5. The van der Waals surface area contributed by atoms with Crippen LogP contribution in [0.25, 0.3) is 0 Å². The van der Waals surface area contributed by atoms with E-state index in [1.54, 1.807) is 18.3 Å². The highest BCUT2D eigenvalue weighted by Gasteiger charge is 2.28. The number of benzene rings is 1. The first-order valence-electron chi connectivity index (χ1n) is 8.27. The van der Waals surface area contributed by atoms with Crippen molar-refractivity contribution in [3.05, 3.63) is 47.7 Å². The van der Waals surface area contributed by atoms with Gasteiger partial charge in [-0.25, -0.2) is 14.4 Å². The van der Waals surface area contributed by atoms with Crippen molar-refractivity contribution in [1.29, 1.82) is 5.26 Å². The van der Waals surface area contributed by atoms with Gasteiger partial charge in [0.2, 0.25) is 0 Å². The van der Waals surface area contributed by atoms with Crippen molar-refractivity contribution in [1.82, 2.24) is 9.97 Å². The zero-order chi connectivity index (χ0) is 16.5. The molecule has 2 heterocycles. The van der Waals surface area contributed by atoms with Gasteiger partial charge in [0.1, 0.15) is 23.5 Å². The largest absolute Gasteiger partial charge is 0.366 e. The van der Waals surface area contributed by atoms with Gasteiger partial charge in [-0.1, -0.05) is 6.07 Å². The van der Waals surface area contributed by atoms with Crippen LogP contribution >= 0.6 is 0 Å². The molecule has 4 rings (SSSR count). The van der Waals surface area contributed by atoms with Crippen LogP contribution < -0.4 is 10.2 Å². The normalized spacial score (nSPS) is 20.0. The van der Waals surface area contributed by atoms with Crippen molar-refractivity contribution >= 4 is 11.5 Å². The van der Waals surface area contributed by atoms with E-state index >= 15 is 0 Å². The van der Waals surface area contributed by atoms with Gasteiger partial charge in [-0.15, -0.1) is 0 Å². The highest BCUT2D eigenvalue weighted by atomic mass is 19.1. The molecule has 2 aromatic rings. The highest BCUT2D eigenvalue weighted by molar-refractivity contribution is 5.61. The zero-order valence-corrected chi connectivity index (χ0v) is 13.2. The lowest BCUT2D eigenvalue weighted by Gasteiger charge is -2.21. The molecule has 1 aliphatic heterocycles. The molecule has 24 heavy (non-hydrogen) atoms. The second-order valence-corrected chi connectivity index (χ2v) is 6.40. The van der Waals surface area contributed by atoms with Gasteiger partial charge >= 0.3 is 0 Å². The quantitative estimate of drug-likeness (QED) is 0.937. The van der Waals surface area contributed by atoms with E-state index in [-0.39, 0.29) is 11.9 Å². The Balaban J connectivity index is 1.47. The van der Waals surface area contributed by atoms with Gasteiger partial charge in [0.15, 0.2) is 0 Å². The fraction of sp³-hybridized carbons (Fsp3) is 0.389. The molecule has 1 N–H and O–H groups in total. The Morgan fingerprint density at radius 3 is 2.92 bits per heavy atom. The van der Waals surface area contributed by atoms with Crippen LogP contribution in [0.4, 0.5) is 15.9 Å². The summed E-state index contributed by atoms with van der Waals surface area (Å²) in [5.74, 6) is 1.92. The van der Waals surface area contributed by atoms with Crippen LogP contribution in [0, 0.1) is 17.1 Å². The molecule has 122 valence electrons. The van der Waals surface area contributed by atoms with Crippen molar-refractivity contribution in [2.24, 2.45) is 0 Å². The number of nitriles is 1. The Kier molecular flexibility index (Phi) is 3.77. The van der Waals surface area contributed by atoms with Gasteiger partial charge in [-0.2, -0.15) is 5.26 Å². The number of nitrogens with zero attached hydrogens (tertiary/aromatic N) is 4. The summed E-state index contributed by atoms with van der Waals surface area (Å²) in [4.78, 5) is 10.8. The average Bonchev–Trinajstić information content (AvgIpc) is 3.35. The Labute approximate surface area is 140 Å². The lowest BCUT2D eigenvalue weighted by molar-refractivity contribution is 0.622. The standard InChI is InChI=1S/C18H18FN5/c19-15-3-1-2-13(10-20)17(15)24-9-7-14(11-24)22-16-6-8-21-18(23-16)12-4-5-12/h1-3,6,8,12,14H,4-5,7,9,11H2,(H,21,22,23). The molecule has 1 aromatic carbocycles. The van der Waals surface area contributed by atoms with Crippen LogP contribution in [0.1, 0.15) is 36.6 Å². The molecule has 5 nitrogen and oxygen atoms in total. The lowest BCUT2D eigenvalue weighted by atomic mass is 10.1. The van der Waals surface area contributed by atoms with Crippen LogP contribution in [0.5, 0.6) is 0 Å². The first kappa shape index (κ1) is 14.9. The predicted octanol–water partition coefficient (Wildman–Crippen LogP) is 3.06. The van der Waals surface area contributed by atoms with Crippen molar-refractivity contribution in [2.75, 3.05) is 23.3 Å². The first-order valence-corrected chi connectivity index (χ1v) is 8.27. The SMILES string of the molecule is N#Cc1cccc(F)c1N1CCC(Nc2ccnc(C3CC3)n2)C1. The number of anilines is 2. The zero-order valence-electron chi connectivity index (χ0n) is 13.2. The van der Waals surface area contributed by atoms with Crippen LogP contribution in [0.15, 0.2) is 30.5 Å². The molecule has 1 saturated carbocycles. The molecule has 1 unspecified atom stereocenters. The molecule has 0 bridgehead atoms. The Bertz CT molecular complexity index is 796. The minimum atomic E-state index is -0.340. The third-order valence-electron chi connectivity index (χ3n) is 4.58. The fourth-order valence-corrected chi connectivity index (χ4v) is 3.21. The third-order valence-corrected chi connectivity index (χ3v) is 4.58. The maximum Gasteiger partial charge on any atom is 0.147 e. The molecule has 0 radical (unpaired) electrons. The number of nitrogens with one attached hydrogen (secondary N) is 1. The van der Waals surface area contributed by atoms with E-state index in [1.165, 1.54) is 18.9 Å². The Morgan fingerprint density at radius 2 is 2.12 bits per heavy atom. The summed E-state index contributed by atoms with van der Waals surface area (Å²) >= 11 is 0. The summed E-state index contributed by atoms with van der Waals surface area (Å²) in [6.07, 6.45) is 5.01. The molecular formula is C18H18FN5. The number of halogens is 1. The van der Waals surface area contributed by atoms with Crippen LogP contribution in [0.2, 0.25) is 0 Å². The number of aromatic nitrogens is 2. The summed E-state index contributed by atoms with van der Waals surface area (Å²) < 4.78 is 14.2. The smallest absolute Gasteiger partial charge is 0.147 e. The van der Waals surface area contributed by atoms with Crippen LogP contribution in [-0.4, -0.2) is 29.1 Å². The summed E-state index contributed by atoms with van der Waals surface area (Å²) in [6, 6.07) is 8.77. The monoisotopic (exact) mass is 323 g/mol. The van der Waals surface area contributed by atoms with Gasteiger partial charge in [0.25, 0.3) is 0 Å². The van der Waals surface area contributed by atoms with Crippen molar-refractivity contribution in [3.63, 3.8) is 0 Å². The third kappa shape index (κ3) is 2.90. The van der Waals surface area contributed by atoms with E-state index in [1.807, 2.05) is 11.0 Å². The van der Waals surface area contributed by atoms with Crippen molar-refractivity contribution in [2.45, 2.75) is 31.2 Å². The molecule has 1 atom stereocenters. The van der Waals surface area contributed by atoms with E-state index in [9.17, 15) is 9.65 Å². The van der Waals surface area contributed by atoms with E-state index in [0.717, 1.165) is 18.1 Å². The molecular weight excluding hydrogens is 305 g/mol. The van der Waals surface area contributed by atoms with Gasteiger partial charge in [0, 0.05) is 31.2 Å². The molecule has 2 aliphatic rings. The number of rotatable bonds is 4. The van der Waals surface area contributed by atoms with Gasteiger partial charge < -0.3 is 10.2 Å². The highest BCUT2D eigenvalue weighted by Crippen LogP contribution is 2.38. The Morgan fingerprint density at radius 1 is 1.25 bits per heavy atom. The van der Waals surface area contributed by atoms with Crippen LogP contribution in [-0.2, 0) is 0 Å². The average molecular weight is 323 g/mol. The Hall–Kier alpha value is -2.68. The molecule has 1 aromatic heterocycles. The lowest BCUT2D eigenvalue weighted by Crippen LogP contribution is -2.27. The van der Waals surface area contributed by atoms with E-state index < -0.39 is 0 Å². The predicted molar refractivity (Wildman–Crippen MR) is 89.4 cm³/mol. The fourth-order valence-electron chi connectivity index (χ4n) is 3.21. The minimum Gasteiger partial charge on any atom is -0.366 e. The van der Waals surface area contributed by atoms with E-state index in [0.29, 0.717) is 30.3 Å². The molecule has 1 aliphatic carbocycles. The summed E-state index contributed by atoms with van der Waals surface area (Å²) in [5.41, 5.74) is 0.791. The molecule has 2 fully saturated rings. The molecule has 6 heteroatoms. The second kappa shape index (κ2) is 6.08. The van der Waals surface area contributed by atoms with Crippen molar-refractivity contribution < 1.29 is 4.39 Å². The summed E-state index contributed by atoms with van der Waals surface area (Å²) in [6.45, 7) is 1.37. The summed E-state index contributed by atoms with van der Waals surface area (Å²) in [5, 5.41) is 12.6. The second-order valence-electron chi connectivity index (χ2n) is 6.40. The number of hydrogen-bond donors (Lipinski definition) is 1. The maximum atomic E-state index is 14.2.